The summed E-state index contributed by atoms with van der Waals surface area (Å²) in [4.78, 5) is 29.0. The molecule has 2 amide bonds. The number of nitrogens with zero attached hydrogens (tertiary/aromatic N) is 3. The Morgan fingerprint density at radius 3 is 2.55 bits per heavy atom. The lowest BCUT2D eigenvalue weighted by Crippen LogP contribution is -2.31. The molecule has 2 aromatic carbocycles. The second-order valence-electron chi connectivity index (χ2n) is 7.05. The summed E-state index contributed by atoms with van der Waals surface area (Å²) in [6.07, 6.45) is 1.44. The average Bonchev–Trinajstić information content (AvgIpc) is 3.21. The van der Waals surface area contributed by atoms with Crippen LogP contribution in [-0.2, 0) is 9.59 Å². The van der Waals surface area contributed by atoms with E-state index in [1.165, 1.54) is 13.3 Å². The number of carbonyl (C=O) groups excluding carboxylic acids is 2. The number of allylic oxidation sites excluding steroid dienone is 1. The first-order chi connectivity index (χ1) is 15.0. The van der Waals surface area contributed by atoms with Crippen molar-refractivity contribution in [3.63, 3.8) is 0 Å². The van der Waals surface area contributed by atoms with Gasteiger partial charge in [0.2, 0.25) is 11.9 Å². The zero-order valence-corrected chi connectivity index (χ0v) is 17.3. The summed E-state index contributed by atoms with van der Waals surface area (Å²) in [5, 5.41) is 13.2. The lowest BCUT2D eigenvalue weighted by atomic mass is 9.94. The van der Waals surface area contributed by atoms with Gasteiger partial charge in [-0.2, -0.15) is 10.1 Å². The molecule has 0 aliphatic carbocycles. The van der Waals surface area contributed by atoms with E-state index in [-0.39, 0.29) is 11.8 Å². The van der Waals surface area contributed by atoms with Crippen molar-refractivity contribution in [3.8, 4) is 5.75 Å². The number of nitrogens with one attached hydrogen (secondary N) is 3. The minimum atomic E-state index is -0.500. The van der Waals surface area contributed by atoms with Gasteiger partial charge in [0.15, 0.2) is 0 Å². The largest absolute Gasteiger partial charge is 0.495 e. The molecule has 0 fully saturated rings. The number of fused-ring (bicyclic) bond motifs is 1. The van der Waals surface area contributed by atoms with Gasteiger partial charge in [-0.1, -0.05) is 24.3 Å². The smallest absolute Gasteiger partial charge is 0.255 e. The van der Waals surface area contributed by atoms with Crippen molar-refractivity contribution in [2.24, 2.45) is 0 Å². The molecule has 9 heteroatoms. The number of carbonyl (C=O) groups is 2. The lowest BCUT2D eigenvalue weighted by Gasteiger charge is -2.29. The normalized spacial score (nSPS) is 15.0. The van der Waals surface area contributed by atoms with E-state index >= 15 is 0 Å². The molecule has 1 atom stereocenters. The van der Waals surface area contributed by atoms with Crippen molar-refractivity contribution < 1.29 is 14.3 Å². The van der Waals surface area contributed by atoms with Gasteiger partial charge >= 0.3 is 0 Å². The Bertz CT molecular complexity index is 1170. The third kappa shape index (κ3) is 3.97. The van der Waals surface area contributed by atoms with Crippen molar-refractivity contribution >= 4 is 29.1 Å². The average molecular weight is 418 g/mol. The van der Waals surface area contributed by atoms with Crippen LogP contribution >= 0.6 is 0 Å². The van der Waals surface area contributed by atoms with E-state index in [0.29, 0.717) is 34.3 Å². The van der Waals surface area contributed by atoms with Crippen molar-refractivity contribution in [3.05, 3.63) is 71.7 Å². The Kier molecular flexibility index (Phi) is 5.40. The van der Waals surface area contributed by atoms with E-state index in [1.807, 2.05) is 31.2 Å². The zero-order valence-electron chi connectivity index (χ0n) is 17.3. The van der Waals surface area contributed by atoms with Gasteiger partial charge in [0.05, 0.1) is 18.4 Å². The number of aromatic nitrogens is 3. The summed E-state index contributed by atoms with van der Waals surface area (Å²) in [5.74, 6) is 0.671. The van der Waals surface area contributed by atoms with Crippen LogP contribution in [0.1, 0.15) is 25.5 Å². The minimum absolute atomic E-state index is 0.152. The highest BCUT2D eigenvalue weighted by molar-refractivity contribution is 6.06. The van der Waals surface area contributed by atoms with Crippen molar-refractivity contribution in [2.75, 3.05) is 23.1 Å². The SMILES string of the molecule is COc1ccccc1NC(=O)C1=C(C)Nc2ncnn2C1c1ccc(NC(C)=O)cc1. The number of hydrogen-bond donors (Lipinski definition) is 3. The third-order valence-corrected chi connectivity index (χ3v) is 4.94. The van der Waals surface area contributed by atoms with Gasteiger partial charge in [-0.3, -0.25) is 9.59 Å². The molecule has 0 bridgehead atoms. The maximum atomic E-state index is 13.4. The Hall–Kier alpha value is -4.14. The Balaban J connectivity index is 1.72. The van der Waals surface area contributed by atoms with Gasteiger partial charge in [-0.25, -0.2) is 4.68 Å². The number of hydrogen-bond acceptors (Lipinski definition) is 6. The summed E-state index contributed by atoms with van der Waals surface area (Å²) in [7, 11) is 1.55. The van der Waals surface area contributed by atoms with Gasteiger partial charge in [0.1, 0.15) is 18.1 Å². The summed E-state index contributed by atoms with van der Waals surface area (Å²) in [5.41, 5.74) is 3.23. The number of anilines is 3. The first-order valence-corrected chi connectivity index (χ1v) is 9.67. The van der Waals surface area contributed by atoms with Crippen LogP contribution in [0.2, 0.25) is 0 Å². The van der Waals surface area contributed by atoms with E-state index in [2.05, 4.69) is 26.0 Å². The minimum Gasteiger partial charge on any atom is -0.495 e. The highest BCUT2D eigenvalue weighted by Gasteiger charge is 2.33. The molecule has 0 radical (unpaired) electrons. The maximum Gasteiger partial charge on any atom is 0.255 e. The number of benzene rings is 2. The van der Waals surface area contributed by atoms with Crippen molar-refractivity contribution in [1.29, 1.82) is 0 Å². The number of amides is 2. The molecule has 3 N–H and O–H groups in total. The Labute approximate surface area is 179 Å². The Morgan fingerprint density at radius 1 is 1.10 bits per heavy atom. The quantitative estimate of drug-likeness (QED) is 0.587. The van der Waals surface area contributed by atoms with Gasteiger partial charge in [0, 0.05) is 18.3 Å². The summed E-state index contributed by atoms with van der Waals surface area (Å²) in [6.45, 7) is 3.28. The number of methoxy groups -OCH3 is 1. The van der Waals surface area contributed by atoms with Crippen LogP contribution in [0.5, 0.6) is 5.75 Å². The van der Waals surface area contributed by atoms with Gasteiger partial charge < -0.3 is 20.7 Å². The molecule has 3 aromatic rings. The van der Waals surface area contributed by atoms with Crippen LogP contribution in [0.4, 0.5) is 17.3 Å². The van der Waals surface area contributed by atoms with Gasteiger partial charge in [-0.05, 0) is 36.8 Å². The number of para-hydroxylation sites is 2. The molecule has 0 saturated heterocycles. The summed E-state index contributed by atoms with van der Waals surface area (Å²) < 4.78 is 7.02. The van der Waals surface area contributed by atoms with E-state index in [0.717, 1.165) is 5.56 Å². The molecule has 0 saturated carbocycles. The van der Waals surface area contributed by atoms with Crippen LogP contribution in [0, 0.1) is 0 Å². The van der Waals surface area contributed by atoms with Crippen LogP contribution in [0.15, 0.2) is 66.1 Å². The van der Waals surface area contributed by atoms with Crippen LogP contribution in [-0.4, -0.2) is 33.7 Å². The monoisotopic (exact) mass is 418 g/mol. The fourth-order valence-corrected chi connectivity index (χ4v) is 3.58. The predicted molar refractivity (Wildman–Crippen MR) is 117 cm³/mol. The zero-order chi connectivity index (χ0) is 22.0. The van der Waals surface area contributed by atoms with Crippen LogP contribution < -0.4 is 20.7 Å². The Morgan fingerprint density at radius 2 is 1.84 bits per heavy atom. The van der Waals surface area contributed by atoms with Crippen molar-refractivity contribution in [1.82, 2.24) is 14.8 Å². The molecule has 2 heterocycles. The first kappa shape index (κ1) is 20.1. The van der Waals surface area contributed by atoms with Crippen LogP contribution in [0.25, 0.3) is 0 Å². The van der Waals surface area contributed by atoms with E-state index < -0.39 is 6.04 Å². The molecule has 31 heavy (non-hydrogen) atoms. The molecule has 1 aliphatic rings. The second kappa shape index (κ2) is 8.31. The number of rotatable bonds is 5. The van der Waals surface area contributed by atoms with Gasteiger partial charge in [0.25, 0.3) is 5.91 Å². The summed E-state index contributed by atoms with van der Waals surface area (Å²) in [6, 6.07) is 14.0. The number of ether oxygens (including phenoxy) is 1. The van der Waals surface area contributed by atoms with E-state index in [9.17, 15) is 9.59 Å². The molecular formula is C22H22N6O3. The predicted octanol–water partition coefficient (Wildman–Crippen LogP) is 3.17. The fraction of sp³-hybridized carbons (Fsp3) is 0.182. The van der Waals surface area contributed by atoms with Crippen molar-refractivity contribution in [2.45, 2.75) is 19.9 Å². The van der Waals surface area contributed by atoms with E-state index in [4.69, 9.17) is 4.74 Å². The second-order valence-corrected chi connectivity index (χ2v) is 7.05. The highest BCUT2D eigenvalue weighted by atomic mass is 16.5. The van der Waals surface area contributed by atoms with E-state index in [1.54, 1.807) is 36.1 Å². The maximum absolute atomic E-state index is 13.4. The van der Waals surface area contributed by atoms with Gasteiger partial charge in [-0.15, -0.1) is 0 Å². The summed E-state index contributed by atoms with van der Waals surface area (Å²) >= 11 is 0. The highest BCUT2D eigenvalue weighted by Crippen LogP contribution is 2.36. The molecule has 0 spiro atoms. The molecule has 9 nitrogen and oxygen atoms in total. The third-order valence-electron chi connectivity index (χ3n) is 4.94. The standard InChI is InChI=1S/C22H22N6O3/c1-13-19(21(30)27-17-6-4-5-7-18(17)31-3)20(28-22(25-13)23-12-24-28)15-8-10-16(11-9-15)26-14(2)29/h4-12,20H,1-3H3,(H,26,29)(H,27,30)(H,23,24,25). The lowest BCUT2D eigenvalue weighted by molar-refractivity contribution is -0.114. The molecule has 1 aliphatic heterocycles. The molecule has 1 aromatic heterocycles. The fourth-order valence-electron chi connectivity index (χ4n) is 3.58. The first-order valence-electron chi connectivity index (χ1n) is 9.67. The van der Waals surface area contributed by atoms with Crippen LogP contribution in [0.3, 0.4) is 0 Å². The topological polar surface area (TPSA) is 110 Å². The molecule has 1 unspecified atom stereocenters. The molecular weight excluding hydrogens is 396 g/mol. The molecule has 158 valence electrons. The molecule has 4 rings (SSSR count).